The topological polar surface area (TPSA) is 42.7 Å². The Balaban J connectivity index is 1.58. The van der Waals surface area contributed by atoms with Crippen LogP contribution in [0.5, 0.6) is 0 Å². The maximum Gasteiger partial charge on any atom is 0.152 e. The molecule has 1 aliphatic rings. The molecule has 0 amide bonds. The van der Waals surface area contributed by atoms with Gasteiger partial charge in [-0.05, 0) is 43.4 Å². The first-order valence-corrected chi connectivity index (χ1v) is 8.10. The first kappa shape index (κ1) is 14.1. The molecular weight excluding hydrogens is 260 g/mol. The van der Waals surface area contributed by atoms with Crippen LogP contribution in [0.2, 0.25) is 0 Å². The lowest BCUT2D eigenvalue weighted by atomic mass is 10.1. The van der Waals surface area contributed by atoms with Crippen molar-refractivity contribution < 1.29 is 0 Å². The Bertz CT molecular complexity index is 571. The number of hydrogen-bond donors (Lipinski definition) is 1. The fourth-order valence-corrected chi connectivity index (χ4v) is 2.85. The van der Waals surface area contributed by atoms with Crippen LogP contribution in [0.25, 0.3) is 0 Å². The van der Waals surface area contributed by atoms with Gasteiger partial charge in [0.25, 0.3) is 0 Å². The van der Waals surface area contributed by atoms with Crippen LogP contribution in [0.4, 0.5) is 5.69 Å². The lowest BCUT2D eigenvalue weighted by Gasteiger charge is -2.15. The minimum Gasteiger partial charge on any atom is -0.378 e. The van der Waals surface area contributed by atoms with Gasteiger partial charge in [0.1, 0.15) is 5.82 Å². The average Bonchev–Trinajstić information content (AvgIpc) is 2.95. The summed E-state index contributed by atoms with van der Waals surface area (Å²) in [5, 5.41) is 12.1. The molecule has 0 fully saturated rings. The maximum atomic E-state index is 4.32. The van der Waals surface area contributed by atoms with Gasteiger partial charge in [0, 0.05) is 18.7 Å². The largest absolute Gasteiger partial charge is 0.378 e. The first-order chi connectivity index (χ1) is 10.4. The SMILES string of the molecule is CCCCc1ccc(NCc2nnc3n2CCCC3)cc1. The van der Waals surface area contributed by atoms with E-state index < -0.39 is 0 Å². The van der Waals surface area contributed by atoms with Gasteiger partial charge in [-0.1, -0.05) is 25.5 Å². The minimum atomic E-state index is 0.751. The van der Waals surface area contributed by atoms with Crippen molar-refractivity contribution in [1.82, 2.24) is 14.8 Å². The predicted octanol–water partition coefficient (Wildman–Crippen LogP) is 3.57. The van der Waals surface area contributed by atoms with Crippen molar-refractivity contribution in [2.45, 2.75) is 58.5 Å². The van der Waals surface area contributed by atoms with Crippen LogP contribution in [-0.4, -0.2) is 14.8 Å². The van der Waals surface area contributed by atoms with Gasteiger partial charge in [-0.3, -0.25) is 0 Å². The van der Waals surface area contributed by atoms with Crippen molar-refractivity contribution in [1.29, 1.82) is 0 Å². The van der Waals surface area contributed by atoms with E-state index in [9.17, 15) is 0 Å². The molecule has 1 N–H and O–H groups in total. The number of anilines is 1. The second kappa shape index (κ2) is 6.74. The number of fused-ring (bicyclic) bond motifs is 1. The van der Waals surface area contributed by atoms with Gasteiger partial charge in [-0.15, -0.1) is 10.2 Å². The standard InChI is InChI=1S/C17H24N4/c1-2-3-6-14-8-10-15(11-9-14)18-13-17-20-19-16-7-4-5-12-21(16)17/h8-11,18H,2-7,12-13H2,1H3. The Morgan fingerprint density at radius 3 is 2.81 bits per heavy atom. The van der Waals surface area contributed by atoms with Crippen LogP contribution < -0.4 is 5.32 Å². The molecule has 1 aliphatic heterocycles. The zero-order valence-corrected chi connectivity index (χ0v) is 12.8. The van der Waals surface area contributed by atoms with E-state index in [1.54, 1.807) is 0 Å². The van der Waals surface area contributed by atoms with Crippen molar-refractivity contribution >= 4 is 5.69 Å². The summed E-state index contributed by atoms with van der Waals surface area (Å²) >= 11 is 0. The molecule has 0 saturated heterocycles. The fraction of sp³-hybridized carbons (Fsp3) is 0.529. The molecule has 4 heteroatoms. The van der Waals surface area contributed by atoms with Crippen LogP contribution in [0.1, 0.15) is 49.8 Å². The number of hydrogen-bond acceptors (Lipinski definition) is 3. The molecule has 3 rings (SSSR count). The summed E-state index contributed by atoms with van der Waals surface area (Å²) in [5.74, 6) is 2.20. The molecule has 4 nitrogen and oxygen atoms in total. The summed E-state index contributed by atoms with van der Waals surface area (Å²) < 4.78 is 2.27. The number of benzene rings is 1. The smallest absolute Gasteiger partial charge is 0.152 e. The normalized spacial score (nSPS) is 14.0. The summed E-state index contributed by atoms with van der Waals surface area (Å²) in [6.45, 7) is 4.05. The average molecular weight is 284 g/mol. The molecule has 0 atom stereocenters. The lowest BCUT2D eigenvalue weighted by Crippen LogP contribution is -2.15. The van der Waals surface area contributed by atoms with E-state index in [1.165, 1.54) is 37.7 Å². The minimum absolute atomic E-state index is 0.751. The van der Waals surface area contributed by atoms with Gasteiger partial charge in [0.15, 0.2) is 5.82 Å². The summed E-state index contributed by atoms with van der Waals surface area (Å²) in [6.07, 6.45) is 7.24. The van der Waals surface area contributed by atoms with Crippen LogP contribution >= 0.6 is 0 Å². The number of nitrogens with one attached hydrogen (secondary N) is 1. The quantitative estimate of drug-likeness (QED) is 0.882. The van der Waals surface area contributed by atoms with Gasteiger partial charge in [-0.2, -0.15) is 0 Å². The molecule has 1 aromatic heterocycles. The monoisotopic (exact) mass is 284 g/mol. The van der Waals surface area contributed by atoms with E-state index in [4.69, 9.17) is 0 Å². The third-order valence-corrected chi connectivity index (χ3v) is 4.16. The number of unbranched alkanes of at least 4 members (excludes halogenated alkanes) is 1. The summed E-state index contributed by atoms with van der Waals surface area (Å²) in [5.41, 5.74) is 2.57. The predicted molar refractivity (Wildman–Crippen MR) is 85.3 cm³/mol. The molecular formula is C17H24N4. The van der Waals surface area contributed by atoms with Crippen molar-refractivity contribution in [3.8, 4) is 0 Å². The zero-order valence-electron chi connectivity index (χ0n) is 12.8. The molecule has 112 valence electrons. The Labute approximate surface area is 126 Å². The Kier molecular flexibility index (Phi) is 4.53. The second-order valence-corrected chi connectivity index (χ2v) is 5.80. The summed E-state index contributed by atoms with van der Waals surface area (Å²) in [4.78, 5) is 0. The number of nitrogens with zero attached hydrogens (tertiary/aromatic N) is 3. The van der Waals surface area contributed by atoms with Crippen LogP contribution in [-0.2, 0) is 25.9 Å². The Morgan fingerprint density at radius 2 is 2.00 bits per heavy atom. The second-order valence-electron chi connectivity index (χ2n) is 5.80. The Morgan fingerprint density at radius 1 is 1.14 bits per heavy atom. The molecule has 2 heterocycles. The first-order valence-electron chi connectivity index (χ1n) is 8.10. The maximum absolute atomic E-state index is 4.32. The van der Waals surface area contributed by atoms with E-state index in [0.29, 0.717) is 0 Å². The summed E-state index contributed by atoms with van der Waals surface area (Å²) in [7, 11) is 0. The summed E-state index contributed by atoms with van der Waals surface area (Å²) in [6, 6.07) is 8.77. The molecule has 0 unspecified atom stereocenters. The molecule has 0 radical (unpaired) electrons. The molecule has 21 heavy (non-hydrogen) atoms. The van der Waals surface area contributed by atoms with Crippen LogP contribution in [0, 0.1) is 0 Å². The van der Waals surface area contributed by atoms with Gasteiger partial charge in [0.2, 0.25) is 0 Å². The van der Waals surface area contributed by atoms with E-state index >= 15 is 0 Å². The molecule has 1 aromatic carbocycles. The van der Waals surface area contributed by atoms with Gasteiger partial charge in [-0.25, -0.2) is 0 Å². The van der Waals surface area contributed by atoms with Crippen molar-refractivity contribution in [3.05, 3.63) is 41.5 Å². The highest BCUT2D eigenvalue weighted by Gasteiger charge is 2.15. The number of aryl methyl sites for hydroxylation is 2. The van der Waals surface area contributed by atoms with E-state index in [2.05, 4.69) is 51.3 Å². The molecule has 0 bridgehead atoms. The third kappa shape index (κ3) is 3.43. The number of rotatable bonds is 6. The lowest BCUT2D eigenvalue weighted by molar-refractivity contribution is 0.510. The molecule has 0 saturated carbocycles. The van der Waals surface area contributed by atoms with Crippen molar-refractivity contribution in [2.75, 3.05) is 5.32 Å². The van der Waals surface area contributed by atoms with Crippen molar-refractivity contribution in [3.63, 3.8) is 0 Å². The van der Waals surface area contributed by atoms with E-state index in [1.807, 2.05) is 0 Å². The highest BCUT2D eigenvalue weighted by molar-refractivity contribution is 5.44. The molecule has 2 aromatic rings. The van der Waals surface area contributed by atoms with Gasteiger partial charge in [0.05, 0.1) is 6.54 Å². The molecule has 0 aliphatic carbocycles. The van der Waals surface area contributed by atoms with E-state index in [-0.39, 0.29) is 0 Å². The fourth-order valence-electron chi connectivity index (χ4n) is 2.85. The van der Waals surface area contributed by atoms with Gasteiger partial charge < -0.3 is 9.88 Å². The highest BCUT2D eigenvalue weighted by Crippen LogP contribution is 2.16. The number of aromatic nitrogens is 3. The van der Waals surface area contributed by atoms with Crippen LogP contribution in [0.15, 0.2) is 24.3 Å². The third-order valence-electron chi connectivity index (χ3n) is 4.16. The van der Waals surface area contributed by atoms with E-state index in [0.717, 1.165) is 36.8 Å². The van der Waals surface area contributed by atoms with Crippen LogP contribution in [0.3, 0.4) is 0 Å². The highest BCUT2D eigenvalue weighted by atomic mass is 15.3. The van der Waals surface area contributed by atoms with Gasteiger partial charge >= 0.3 is 0 Å². The Hall–Kier alpha value is -1.84. The zero-order chi connectivity index (χ0) is 14.5. The van der Waals surface area contributed by atoms with Crippen molar-refractivity contribution in [2.24, 2.45) is 0 Å². The molecule has 0 spiro atoms.